The van der Waals surface area contributed by atoms with Gasteiger partial charge in [0.15, 0.2) is 0 Å². The van der Waals surface area contributed by atoms with Crippen molar-refractivity contribution < 1.29 is 18.7 Å². The molecule has 14 heavy (non-hydrogen) atoms. The SMILES string of the molecule is O=C(Cl)OC(=O)Sc1ccc(F)cc1. The Kier molecular flexibility index (Phi) is 3.91. The van der Waals surface area contributed by atoms with Crippen LogP contribution in [0.25, 0.3) is 0 Å². The highest BCUT2D eigenvalue weighted by Crippen LogP contribution is 2.20. The first-order valence-electron chi connectivity index (χ1n) is 3.42. The van der Waals surface area contributed by atoms with Crippen molar-refractivity contribution in [1.82, 2.24) is 0 Å². The zero-order valence-electron chi connectivity index (χ0n) is 6.70. The smallest absolute Gasteiger partial charge is 0.372 e. The molecule has 74 valence electrons. The van der Waals surface area contributed by atoms with Gasteiger partial charge in [-0.2, -0.15) is 0 Å². The molecule has 0 unspecified atom stereocenters. The monoisotopic (exact) mass is 234 g/mol. The lowest BCUT2D eigenvalue weighted by Crippen LogP contribution is -1.98. The van der Waals surface area contributed by atoms with Crippen LogP contribution in [-0.4, -0.2) is 10.7 Å². The molecule has 0 N–H and O–H groups in total. The van der Waals surface area contributed by atoms with Crippen LogP contribution in [-0.2, 0) is 4.74 Å². The molecule has 0 aromatic heterocycles. The van der Waals surface area contributed by atoms with Gasteiger partial charge in [0.1, 0.15) is 5.82 Å². The number of thioether (sulfide) groups is 1. The van der Waals surface area contributed by atoms with Crippen molar-refractivity contribution in [2.75, 3.05) is 0 Å². The Hall–Kier alpha value is -1.07. The van der Waals surface area contributed by atoms with E-state index in [2.05, 4.69) is 4.74 Å². The van der Waals surface area contributed by atoms with Gasteiger partial charge in [-0.1, -0.05) is 0 Å². The Balaban J connectivity index is 2.56. The summed E-state index contributed by atoms with van der Waals surface area (Å²) in [5.74, 6) is -0.406. The van der Waals surface area contributed by atoms with E-state index in [1.165, 1.54) is 24.3 Å². The molecule has 0 saturated heterocycles. The summed E-state index contributed by atoms with van der Waals surface area (Å²) >= 11 is 5.46. The standard InChI is InChI=1S/C8H4ClFO3S/c9-7(11)13-8(12)14-6-3-1-5(10)2-4-6/h1-4H. The lowest BCUT2D eigenvalue weighted by molar-refractivity contribution is 0.186. The Morgan fingerprint density at radius 1 is 1.29 bits per heavy atom. The predicted molar refractivity (Wildman–Crippen MR) is 50.0 cm³/mol. The van der Waals surface area contributed by atoms with E-state index >= 15 is 0 Å². The first-order chi connectivity index (χ1) is 6.58. The van der Waals surface area contributed by atoms with Crippen LogP contribution in [0.4, 0.5) is 14.0 Å². The molecule has 0 bridgehead atoms. The fourth-order valence-electron chi connectivity index (χ4n) is 0.685. The highest BCUT2D eigenvalue weighted by Gasteiger charge is 2.09. The minimum atomic E-state index is -1.19. The summed E-state index contributed by atoms with van der Waals surface area (Å²) in [5.41, 5.74) is -1.19. The number of hydrogen-bond acceptors (Lipinski definition) is 4. The molecule has 3 nitrogen and oxygen atoms in total. The summed E-state index contributed by atoms with van der Waals surface area (Å²) in [5, 5.41) is -0.850. The van der Waals surface area contributed by atoms with Crippen molar-refractivity contribution in [3.05, 3.63) is 30.1 Å². The zero-order valence-corrected chi connectivity index (χ0v) is 8.27. The van der Waals surface area contributed by atoms with Gasteiger partial charge in [0.25, 0.3) is 0 Å². The quantitative estimate of drug-likeness (QED) is 0.323. The summed E-state index contributed by atoms with van der Waals surface area (Å²) in [6.45, 7) is 0. The molecule has 0 heterocycles. The third-order valence-electron chi connectivity index (χ3n) is 1.18. The third-order valence-corrected chi connectivity index (χ3v) is 2.01. The van der Waals surface area contributed by atoms with E-state index in [4.69, 9.17) is 11.6 Å². The van der Waals surface area contributed by atoms with Gasteiger partial charge in [-0.3, -0.25) is 0 Å². The van der Waals surface area contributed by atoms with Crippen LogP contribution in [0.15, 0.2) is 29.2 Å². The second-order valence-corrected chi connectivity index (χ2v) is 3.46. The molecule has 0 fully saturated rings. The van der Waals surface area contributed by atoms with Gasteiger partial charge in [0.2, 0.25) is 0 Å². The van der Waals surface area contributed by atoms with Crippen molar-refractivity contribution in [3.63, 3.8) is 0 Å². The average molecular weight is 235 g/mol. The van der Waals surface area contributed by atoms with E-state index < -0.39 is 16.5 Å². The number of carbonyl (C=O) groups excluding carboxylic acids is 2. The summed E-state index contributed by atoms with van der Waals surface area (Å²) in [7, 11) is 0. The first kappa shape index (κ1) is 11.0. The van der Waals surface area contributed by atoms with Gasteiger partial charge in [-0.25, -0.2) is 14.0 Å². The van der Waals surface area contributed by atoms with Crippen LogP contribution in [0.3, 0.4) is 0 Å². The molecule has 0 amide bonds. The fraction of sp³-hybridized carbons (Fsp3) is 0. The van der Waals surface area contributed by atoms with Gasteiger partial charge in [-0.15, -0.1) is 0 Å². The van der Waals surface area contributed by atoms with Crippen LogP contribution in [0.1, 0.15) is 0 Å². The molecule has 0 radical (unpaired) electrons. The maximum Gasteiger partial charge on any atom is 0.412 e. The Labute approximate surface area is 88.2 Å². The van der Waals surface area contributed by atoms with Gasteiger partial charge < -0.3 is 4.74 Å². The average Bonchev–Trinajstić information content (AvgIpc) is 2.07. The Morgan fingerprint density at radius 3 is 2.36 bits per heavy atom. The molecule has 0 aliphatic heterocycles. The van der Waals surface area contributed by atoms with Crippen LogP contribution in [0.5, 0.6) is 0 Å². The predicted octanol–water partition coefficient (Wildman–Crippen LogP) is 3.41. The molecule has 6 heteroatoms. The molecule has 0 spiro atoms. The van der Waals surface area contributed by atoms with Crippen molar-refractivity contribution in [2.45, 2.75) is 4.90 Å². The molecule has 0 atom stereocenters. The van der Waals surface area contributed by atoms with E-state index in [1.807, 2.05) is 0 Å². The van der Waals surface area contributed by atoms with Crippen molar-refractivity contribution in [3.8, 4) is 0 Å². The van der Waals surface area contributed by atoms with E-state index in [-0.39, 0.29) is 0 Å². The molecule has 1 rings (SSSR count). The van der Waals surface area contributed by atoms with Crippen LogP contribution in [0, 0.1) is 5.82 Å². The lowest BCUT2D eigenvalue weighted by Gasteiger charge is -1.98. The zero-order chi connectivity index (χ0) is 10.6. The van der Waals surface area contributed by atoms with Crippen LogP contribution in [0.2, 0.25) is 0 Å². The van der Waals surface area contributed by atoms with Crippen molar-refractivity contribution >= 4 is 34.1 Å². The number of benzene rings is 1. The van der Waals surface area contributed by atoms with Crippen molar-refractivity contribution in [1.29, 1.82) is 0 Å². The van der Waals surface area contributed by atoms with Crippen molar-refractivity contribution in [2.24, 2.45) is 0 Å². The summed E-state index contributed by atoms with van der Waals surface area (Å²) in [4.78, 5) is 21.5. The topological polar surface area (TPSA) is 43.4 Å². The molecule has 0 aliphatic carbocycles. The summed E-state index contributed by atoms with van der Waals surface area (Å²) in [6, 6.07) is 5.16. The van der Waals surface area contributed by atoms with Gasteiger partial charge >= 0.3 is 10.7 Å². The maximum absolute atomic E-state index is 12.4. The van der Waals surface area contributed by atoms with Crippen LogP contribution < -0.4 is 0 Å². The second kappa shape index (κ2) is 4.97. The second-order valence-electron chi connectivity index (χ2n) is 2.15. The third kappa shape index (κ3) is 3.76. The highest BCUT2D eigenvalue weighted by molar-refractivity contribution is 8.13. The summed E-state index contributed by atoms with van der Waals surface area (Å²) in [6.07, 6.45) is 0. The Morgan fingerprint density at radius 2 is 1.86 bits per heavy atom. The van der Waals surface area contributed by atoms with Gasteiger partial charge in [-0.05, 0) is 36.0 Å². The van der Waals surface area contributed by atoms with Crippen LogP contribution >= 0.6 is 23.4 Å². The normalized spacial score (nSPS) is 9.57. The molecule has 1 aromatic carbocycles. The maximum atomic E-state index is 12.4. The van der Waals surface area contributed by atoms with E-state index in [0.29, 0.717) is 16.7 Å². The van der Waals surface area contributed by atoms with E-state index in [1.54, 1.807) is 0 Å². The first-order valence-corrected chi connectivity index (χ1v) is 4.62. The number of ether oxygens (including phenoxy) is 1. The van der Waals surface area contributed by atoms with Gasteiger partial charge in [0, 0.05) is 16.5 Å². The Bertz CT molecular complexity index is 352. The molecule has 0 saturated carbocycles. The number of hydrogen-bond donors (Lipinski definition) is 0. The lowest BCUT2D eigenvalue weighted by atomic mass is 10.4. The molecule has 0 aliphatic rings. The fourth-order valence-corrected chi connectivity index (χ4v) is 1.38. The molecule has 1 aromatic rings. The number of carbonyl (C=O) groups is 2. The van der Waals surface area contributed by atoms with Gasteiger partial charge in [0.05, 0.1) is 0 Å². The minimum Gasteiger partial charge on any atom is -0.372 e. The summed E-state index contributed by atoms with van der Waals surface area (Å²) < 4.78 is 16.5. The number of halogens is 2. The number of rotatable bonds is 1. The van der Waals surface area contributed by atoms with E-state index in [9.17, 15) is 14.0 Å². The van der Waals surface area contributed by atoms with E-state index in [0.717, 1.165) is 0 Å². The molecular formula is C8H4ClFO3S. The largest absolute Gasteiger partial charge is 0.412 e. The molecular weight excluding hydrogens is 231 g/mol. The highest BCUT2D eigenvalue weighted by atomic mass is 35.5. The minimum absolute atomic E-state index is 0.406.